The van der Waals surface area contributed by atoms with Crippen molar-refractivity contribution in [3.8, 4) is 5.75 Å². The summed E-state index contributed by atoms with van der Waals surface area (Å²) >= 11 is 1.36. The number of esters is 1. The van der Waals surface area contributed by atoms with Gasteiger partial charge in [0.2, 0.25) is 0 Å². The molecule has 2 aromatic carbocycles. The molecule has 108 valence electrons. The molecule has 21 heavy (non-hydrogen) atoms. The van der Waals surface area contributed by atoms with E-state index in [1.807, 2.05) is 30.3 Å². The Bertz CT molecular complexity index is 618. The first kappa shape index (κ1) is 15.2. The van der Waals surface area contributed by atoms with Gasteiger partial charge >= 0.3 is 5.97 Å². The molecule has 0 aliphatic rings. The number of rotatable bonds is 5. The first-order valence-electron chi connectivity index (χ1n) is 6.60. The normalized spacial score (nSPS) is 11.2. The molecule has 2 aromatic rings. The van der Waals surface area contributed by atoms with Crippen LogP contribution in [0.5, 0.6) is 5.75 Å². The quantitative estimate of drug-likeness (QED) is 0.513. The molecule has 0 amide bonds. The van der Waals surface area contributed by atoms with Crippen LogP contribution in [-0.2, 0) is 9.53 Å². The van der Waals surface area contributed by atoms with Gasteiger partial charge in [-0.15, -0.1) is 0 Å². The third-order valence-corrected chi connectivity index (χ3v) is 3.65. The van der Waals surface area contributed by atoms with Crippen molar-refractivity contribution in [2.45, 2.75) is 11.8 Å². The average Bonchev–Trinajstić information content (AvgIpc) is 2.50. The van der Waals surface area contributed by atoms with Gasteiger partial charge in [-0.2, -0.15) is 0 Å². The third-order valence-electron chi connectivity index (χ3n) is 2.64. The molecule has 0 aromatic heterocycles. The summed E-state index contributed by atoms with van der Waals surface area (Å²) in [5.74, 6) is -0.153. The standard InChI is InChI=1S/C17H16O3S/c1-2-20-17(19)16(21-15-6-4-3-5-7-15)12-13-8-10-14(18)11-9-13/h3-12,18H,2H2,1H3. The highest BCUT2D eigenvalue weighted by molar-refractivity contribution is 8.04. The van der Waals surface area contributed by atoms with Gasteiger partial charge in [-0.25, -0.2) is 4.79 Å². The predicted molar refractivity (Wildman–Crippen MR) is 85.0 cm³/mol. The van der Waals surface area contributed by atoms with Crippen molar-refractivity contribution in [2.24, 2.45) is 0 Å². The molecule has 0 heterocycles. The summed E-state index contributed by atoms with van der Waals surface area (Å²) in [5.41, 5.74) is 0.833. The highest BCUT2D eigenvalue weighted by Crippen LogP contribution is 2.29. The topological polar surface area (TPSA) is 46.5 Å². The molecule has 1 N–H and O–H groups in total. The summed E-state index contributed by atoms with van der Waals surface area (Å²) in [7, 11) is 0. The summed E-state index contributed by atoms with van der Waals surface area (Å²) < 4.78 is 5.09. The lowest BCUT2D eigenvalue weighted by molar-refractivity contribution is -0.137. The number of carbonyl (C=O) groups is 1. The monoisotopic (exact) mass is 300 g/mol. The Balaban J connectivity index is 2.27. The Morgan fingerprint density at radius 3 is 2.43 bits per heavy atom. The minimum Gasteiger partial charge on any atom is -0.508 e. The smallest absolute Gasteiger partial charge is 0.344 e. The molecule has 0 unspecified atom stereocenters. The van der Waals surface area contributed by atoms with E-state index in [4.69, 9.17) is 4.74 Å². The minimum absolute atomic E-state index is 0.195. The van der Waals surface area contributed by atoms with E-state index >= 15 is 0 Å². The van der Waals surface area contributed by atoms with Gasteiger partial charge in [0.05, 0.1) is 11.5 Å². The highest BCUT2D eigenvalue weighted by atomic mass is 32.2. The summed E-state index contributed by atoms with van der Waals surface area (Å²) in [6.07, 6.45) is 1.76. The zero-order valence-electron chi connectivity index (χ0n) is 11.7. The summed E-state index contributed by atoms with van der Waals surface area (Å²) in [4.78, 5) is 13.5. The lowest BCUT2D eigenvalue weighted by Crippen LogP contribution is -2.05. The van der Waals surface area contributed by atoms with Crippen LogP contribution in [0.25, 0.3) is 6.08 Å². The molecule has 0 aliphatic heterocycles. The second-order valence-corrected chi connectivity index (χ2v) is 5.35. The summed E-state index contributed by atoms with van der Waals surface area (Å²) in [6.45, 7) is 2.12. The Kier molecular flexibility index (Phi) is 5.46. The molecule has 0 aliphatic carbocycles. The maximum Gasteiger partial charge on any atom is 0.344 e. The maximum absolute atomic E-state index is 12.1. The Hall–Kier alpha value is -2.20. The van der Waals surface area contributed by atoms with Crippen LogP contribution in [0.15, 0.2) is 64.4 Å². The van der Waals surface area contributed by atoms with Gasteiger partial charge in [-0.05, 0) is 42.8 Å². The van der Waals surface area contributed by atoms with Gasteiger partial charge < -0.3 is 9.84 Å². The number of benzene rings is 2. The van der Waals surface area contributed by atoms with E-state index in [1.54, 1.807) is 37.3 Å². The van der Waals surface area contributed by atoms with Crippen LogP contribution in [0, 0.1) is 0 Å². The molecule has 4 heteroatoms. The molecule has 0 fully saturated rings. The molecule has 0 saturated heterocycles. The van der Waals surface area contributed by atoms with Gasteiger partial charge in [-0.3, -0.25) is 0 Å². The minimum atomic E-state index is -0.348. The molecular formula is C17H16O3S. The second kappa shape index (κ2) is 7.55. The Morgan fingerprint density at radius 2 is 1.81 bits per heavy atom. The fraction of sp³-hybridized carbons (Fsp3) is 0.118. The van der Waals surface area contributed by atoms with Gasteiger partial charge in [-0.1, -0.05) is 42.1 Å². The Labute approximate surface area is 128 Å². The maximum atomic E-state index is 12.1. The highest BCUT2D eigenvalue weighted by Gasteiger charge is 2.12. The number of carbonyl (C=O) groups excluding carboxylic acids is 1. The molecule has 3 nitrogen and oxygen atoms in total. The average molecular weight is 300 g/mol. The van der Waals surface area contributed by atoms with Gasteiger partial charge in [0.1, 0.15) is 5.75 Å². The molecular weight excluding hydrogens is 284 g/mol. The Morgan fingerprint density at radius 1 is 1.14 bits per heavy atom. The van der Waals surface area contributed by atoms with Crippen LogP contribution in [-0.4, -0.2) is 17.7 Å². The molecule has 0 spiro atoms. The number of hydrogen-bond acceptors (Lipinski definition) is 4. The van der Waals surface area contributed by atoms with Crippen molar-refractivity contribution < 1.29 is 14.6 Å². The SMILES string of the molecule is CCOC(=O)C(=Cc1ccc(O)cc1)Sc1ccccc1. The predicted octanol–water partition coefficient (Wildman–Crippen LogP) is 4.09. The van der Waals surface area contributed by atoms with E-state index in [9.17, 15) is 9.90 Å². The van der Waals surface area contributed by atoms with Crippen molar-refractivity contribution in [3.05, 3.63) is 65.1 Å². The summed E-state index contributed by atoms with van der Waals surface area (Å²) in [5, 5.41) is 9.30. The van der Waals surface area contributed by atoms with Crippen LogP contribution < -0.4 is 0 Å². The molecule has 0 radical (unpaired) electrons. The van der Waals surface area contributed by atoms with Crippen LogP contribution in [0.3, 0.4) is 0 Å². The van der Waals surface area contributed by atoms with Crippen LogP contribution in [0.2, 0.25) is 0 Å². The molecule has 0 saturated carbocycles. The van der Waals surface area contributed by atoms with Gasteiger partial charge in [0.15, 0.2) is 0 Å². The summed E-state index contributed by atoms with van der Waals surface area (Å²) in [6, 6.07) is 16.3. The lowest BCUT2D eigenvalue weighted by Gasteiger charge is -2.07. The lowest BCUT2D eigenvalue weighted by atomic mass is 10.2. The van der Waals surface area contributed by atoms with Crippen LogP contribution in [0.4, 0.5) is 0 Å². The third kappa shape index (κ3) is 4.68. The molecule has 0 bridgehead atoms. The number of phenolic OH excluding ortho intramolecular Hbond substituents is 1. The second-order valence-electron chi connectivity index (χ2n) is 4.24. The van der Waals surface area contributed by atoms with Gasteiger partial charge in [0, 0.05) is 4.90 Å². The van der Waals surface area contributed by atoms with E-state index in [0.29, 0.717) is 11.5 Å². The van der Waals surface area contributed by atoms with E-state index in [-0.39, 0.29) is 11.7 Å². The van der Waals surface area contributed by atoms with Crippen molar-refractivity contribution in [1.29, 1.82) is 0 Å². The van der Waals surface area contributed by atoms with Crippen LogP contribution >= 0.6 is 11.8 Å². The number of ether oxygens (including phenoxy) is 1. The van der Waals surface area contributed by atoms with Crippen molar-refractivity contribution in [1.82, 2.24) is 0 Å². The largest absolute Gasteiger partial charge is 0.508 e. The van der Waals surface area contributed by atoms with Gasteiger partial charge in [0.25, 0.3) is 0 Å². The zero-order chi connectivity index (χ0) is 15.1. The van der Waals surface area contributed by atoms with Crippen LogP contribution in [0.1, 0.15) is 12.5 Å². The molecule has 0 atom stereocenters. The van der Waals surface area contributed by atoms with Crippen molar-refractivity contribution >= 4 is 23.8 Å². The number of hydrogen-bond donors (Lipinski definition) is 1. The van der Waals surface area contributed by atoms with E-state index in [2.05, 4.69) is 0 Å². The van der Waals surface area contributed by atoms with Crippen molar-refractivity contribution in [3.63, 3.8) is 0 Å². The fourth-order valence-corrected chi connectivity index (χ4v) is 2.55. The van der Waals surface area contributed by atoms with E-state index < -0.39 is 0 Å². The van der Waals surface area contributed by atoms with E-state index in [0.717, 1.165) is 10.5 Å². The van der Waals surface area contributed by atoms with E-state index in [1.165, 1.54) is 11.8 Å². The number of aromatic hydroxyl groups is 1. The number of thioether (sulfide) groups is 1. The van der Waals surface area contributed by atoms with Crippen molar-refractivity contribution in [2.75, 3.05) is 6.61 Å². The molecule has 2 rings (SSSR count). The number of phenols is 1. The zero-order valence-corrected chi connectivity index (χ0v) is 12.5. The first-order chi connectivity index (χ1) is 10.2. The fourth-order valence-electron chi connectivity index (χ4n) is 1.67. The first-order valence-corrected chi connectivity index (χ1v) is 7.41.